The highest BCUT2D eigenvalue weighted by Gasteiger charge is 2.20. The van der Waals surface area contributed by atoms with E-state index in [2.05, 4.69) is 15.3 Å². The van der Waals surface area contributed by atoms with Crippen molar-refractivity contribution in [1.82, 2.24) is 9.97 Å². The van der Waals surface area contributed by atoms with E-state index in [0.717, 1.165) is 24.3 Å². The van der Waals surface area contributed by atoms with E-state index < -0.39 is 5.82 Å². The largest absolute Gasteiger partial charge is 0.384 e. The van der Waals surface area contributed by atoms with Crippen LogP contribution in [-0.2, 0) is 0 Å². The summed E-state index contributed by atoms with van der Waals surface area (Å²) in [4.78, 5) is 7.86. The van der Waals surface area contributed by atoms with Crippen LogP contribution in [0.2, 0.25) is 0 Å². The number of halogens is 1. The normalized spacial score (nSPS) is 14.4. The van der Waals surface area contributed by atoms with Crippen molar-refractivity contribution >= 4 is 11.5 Å². The molecule has 19 heavy (non-hydrogen) atoms. The van der Waals surface area contributed by atoms with Crippen LogP contribution in [0.1, 0.15) is 12.8 Å². The molecular formula is C14H15FN4. The third kappa shape index (κ3) is 2.81. The zero-order valence-electron chi connectivity index (χ0n) is 10.4. The van der Waals surface area contributed by atoms with Gasteiger partial charge in [0.05, 0.1) is 11.9 Å². The Morgan fingerprint density at radius 1 is 1.26 bits per heavy atom. The number of rotatable bonds is 4. The van der Waals surface area contributed by atoms with E-state index in [9.17, 15) is 4.39 Å². The molecule has 0 amide bonds. The standard InChI is InChI=1S/C14H15FN4/c15-13-8-19-14(16)4-12(13)10-3-11(7-17-6-10)18-5-9-1-2-9/h3-4,6-9,18H,1-2,5H2,(H2,16,19). The lowest BCUT2D eigenvalue weighted by Crippen LogP contribution is -2.03. The summed E-state index contributed by atoms with van der Waals surface area (Å²) in [5.41, 5.74) is 7.63. The van der Waals surface area contributed by atoms with E-state index in [1.54, 1.807) is 12.4 Å². The van der Waals surface area contributed by atoms with Crippen LogP contribution < -0.4 is 11.1 Å². The minimum absolute atomic E-state index is 0.299. The Balaban J connectivity index is 1.86. The molecule has 0 radical (unpaired) electrons. The van der Waals surface area contributed by atoms with E-state index in [0.29, 0.717) is 16.9 Å². The molecule has 0 aromatic carbocycles. The SMILES string of the molecule is Nc1cc(-c2cncc(NCC3CC3)c2)c(F)cn1. The molecule has 2 heterocycles. The van der Waals surface area contributed by atoms with Crippen molar-refractivity contribution in [3.8, 4) is 11.1 Å². The molecule has 2 aromatic rings. The molecule has 1 saturated carbocycles. The summed E-state index contributed by atoms with van der Waals surface area (Å²) < 4.78 is 13.7. The molecule has 5 heteroatoms. The lowest BCUT2D eigenvalue weighted by molar-refractivity contribution is 0.625. The second-order valence-electron chi connectivity index (χ2n) is 4.88. The number of pyridine rings is 2. The Labute approximate surface area is 110 Å². The van der Waals surface area contributed by atoms with Gasteiger partial charge in [0, 0.05) is 30.1 Å². The first-order chi connectivity index (χ1) is 9.22. The third-order valence-corrected chi connectivity index (χ3v) is 3.22. The van der Waals surface area contributed by atoms with Gasteiger partial charge in [-0.1, -0.05) is 0 Å². The van der Waals surface area contributed by atoms with Gasteiger partial charge in [0.15, 0.2) is 0 Å². The van der Waals surface area contributed by atoms with Crippen LogP contribution in [0.5, 0.6) is 0 Å². The average Bonchev–Trinajstić information content (AvgIpc) is 3.24. The molecule has 1 aliphatic rings. The van der Waals surface area contributed by atoms with Gasteiger partial charge in [0.1, 0.15) is 11.6 Å². The molecular weight excluding hydrogens is 243 g/mol. The van der Waals surface area contributed by atoms with Gasteiger partial charge < -0.3 is 11.1 Å². The van der Waals surface area contributed by atoms with Crippen LogP contribution in [0.4, 0.5) is 15.9 Å². The van der Waals surface area contributed by atoms with Crippen LogP contribution in [0.3, 0.4) is 0 Å². The molecule has 2 aromatic heterocycles. The average molecular weight is 258 g/mol. The van der Waals surface area contributed by atoms with Crippen LogP contribution >= 0.6 is 0 Å². The summed E-state index contributed by atoms with van der Waals surface area (Å²) in [6, 6.07) is 3.41. The third-order valence-electron chi connectivity index (χ3n) is 3.22. The van der Waals surface area contributed by atoms with Crippen LogP contribution in [0, 0.1) is 11.7 Å². The van der Waals surface area contributed by atoms with Crippen molar-refractivity contribution in [2.75, 3.05) is 17.6 Å². The molecule has 0 bridgehead atoms. The van der Waals surface area contributed by atoms with E-state index in [1.807, 2.05) is 6.07 Å². The highest BCUT2D eigenvalue weighted by atomic mass is 19.1. The maximum absolute atomic E-state index is 13.7. The van der Waals surface area contributed by atoms with E-state index in [-0.39, 0.29) is 0 Å². The van der Waals surface area contributed by atoms with Crippen LogP contribution in [-0.4, -0.2) is 16.5 Å². The minimum atomic E-state index is -0.393. The first kappa shape index (κ1) is 11.9. The number of nitrogen functional groups attached to an aromatic ring is 1. The number of nitrogens with zero attached hydrogens (tertiary/aromatic N) is 2. The number of nitrogens with two attached hydrogens (primary N) is 1. The Morgan fingerprint density at radius 3 is 2.89 bits per heavy atom. The first-order valence-electron chi connectivity index (χ1n) is 6.32. The molecule has 0 unspecified atom stereocenters. The van der Waals surface area contributed by atoms with Crippen molar-refractivity contribution < 1.29 is 4.39 Å². The Bertz CT molecular complexity index is 596. The Kier molecular flexibility index (Phi) is 3.03. The van der Waals surface area contributed by atoms with Gasteiger partial charge in [0.2, 0.25) is 0 Å². The second kappa shape index (κ2) is 4.84. The topological polar surface area (TPSA) is 63.8 Å². The maximum Gasteiger partial charge on any atom is 0.149 e. The maximum atomic E-state index is 13.7. The molecule has 4 nitrogen and oxygen atoms in total. The van der Waals surface area contributed by atoms with Gasteiger partial charge in [-0.25, -0.2) is 9.37 Å². The minimum Gasteiger partial charge on any atom is -0.384 e. The fourth-order valence-electron chi connectivity index (χ4n) is 1.94. The molecule has 1 aliphatic carbocycles. The number of nitrogens with one attached hydrogen (secondary N) is 1. The summed E-state index contributed by atoms with van der Waals surface area (Å²) in [7, 11) is 0. The van der Waals surface area contributed by atoms with Crippen LogP contribution in [0.25, 0.3) is 11.1 Å². The summed E-state index contributed by atoms with van der Waals surface area (Å²) in [5, 5.41) is 3.32. The second-order valence-corrected chi connectivity index (χ2v) is 4.88. The quantitative estimate of drug-likeness (QED) is 0.885. The molecule has 0 aliphatic heterocycles. The highest BCUT2D eigenvalue weighted by Crippen LogP contribution is 2.30. The van der Waals surface area contributed by atoms with Crippen molar-refractivity contribution in [3.05, 3.63) is 36.5 Å². The number of anilines is 2. The van der Waals surface area contributed by atoms with Gasteiger partial charge >= 0.3 is 0 Å². The van der Waals surface area contributed by atoms with Gasteiger partial charge in [-0.05, 0) is 30.9 Å². The molecule has 1 fully saturated rings. The number of hydrogen-bond acceptors (Lipinski definition) is 4. The van der Waals surface area contributed by atoms with Crippen molar-refractivity contribution in [2.24, 2.45) is 5.92 Å². The molecule has 0 saturated heterocycles. The van der Waals surface area contributed by atoms with Crippen molar-refractivity contribution in [3.63, 3.8) is 0 Å². The van der Waals surface area contributed by atoms with Gasteiger partial charge in [-0.3, -0.25) is 4.98 Å². The number of aromatic nitrogens is 2. The molecule has 0 spiro atoms. The molecule has 0 atom stereocenters. The van der Waals surface area contributed by atoms with Crippen LogP contribution in [0.15, 0.2) is 30.7 Å². The Morgan fingerprint density at radius 2 is 2.11 bits per heavy atom. The zero-order chi connectivity index (χ0) is 13.2. The summed E-state index contributed by atoms with van der Waals surface area (Å²) in [6.45, 7) is 0.950. The fraction of sp³-hybridized carbons (Fsp3) is 0.286. The van der Waals surface area contributed by atoms with E-state index in [4.69, 9.17) is 5.73 Å². The smallest absolute Gasteiger partial charge is 0.149 e. The van der Waals surface area contributed by atoms with Gasteiger partial charge in [-0.15, -0.1) is 0 Å². The van der Waals surface area contributed by atoms with Crippen molar-refractivity contribution in [1.29, 1.82) is 0 Å². The van der Waals surface area contributed by atoms with Crippen molar-refractivity contribution in [2.45, 2.75) is 12.8 Å². The lowest BCUT2D eigenvalue weighted by Gasteiger charge is -2.08. The summed E-state index contributed by atoms with van der Waals surface area (Å²) in [6.07, 6.45) is 7.08. The molecule has 3 N–H and O–H groups in total. The molecule has 3 rings (SSSR count). The zero-order valence-corrected chi connectivity index (χ0v) is 10.4. The molecule has 98 valence electrons. The summed E-state index contributed by atoms with van der Waals surface area (Å²) in [5.74, 6) is 0.681. The Hall–Kier alpha value is -2.17. The fourth-order valence-corrected chi connectivity index (χ4v) is 1.94. The lowest BCUT2D eigenvalue weighted by atomic mass is 10.1. The highest BCUT2D eigenvalue weighted by molar-refractivity contribution is 5.69. The summed E-state index contributed by atoms with van der Waals surface area (Å²) >= 11 is 0. The number of hydrogen-bond donors (Lipinski definition) is 2. The van der Waals surface area contributed by atoms with Gasteiger partial charge in [-0.2, -0.15) is 0 Å². The van der Waals surface area contributed by atoms with E-state index in [1.165, 1.54) is 18.9 Å². The first-order valence-corrected chi connectivity index (χ1v) is 6.32. The van der Waals surface area contributed by atoms with Gasteiger partial charge in [0.25, 0.3) is 0 Å². The van der Waals surface area contributed by atoms with E-state index >= 15 is 0 Å². The monoisotopic (exact) mass is 258 g/mol. The predicted octanol–water partition coefficient (Wildman–Crippen LogP) is 2.69. The predicted molar refractivity (Wildman–Crippen MR) is 73.1 cm³/mol.